The van der Waals surface area contributed by atoms with Gasteiger partial charge in [-0.25, -0.2) is 9.97 Å². The Bertz CT molecular complexity index is 414. The van der Waals surface area contributed by atoms with Crippen LogP contribution < -0.4 is 5.32 Å². The van der Waals surface area contributed by atoms with Crippen LogP contribution in [0.1, 0.15) is 38.7 Å². The van der Waals surface area contributed by atoms with Crippen LogP contribution >= 0.6 is 11.6 Å². The molecule has 0 saturated carbocycles. The summed E-state index contributed by atoms with van der Waals surface area (Å²) in [4.78, 5) is 8.38. The van der Waals surface area contributed by atoms with Gasteiger partial charge in [0.2, 0.25) is 0 Å². The molecule has 2 rings (SSSR count). The average Bonchev–Trinajstić information content (AvgIpc) is 2.87. The molecule has 1 saturated heterocycles. The van der Waals surface area contributed by atoms with Crippen LogP contribution in [0.25, 0.3) is 0 Å². The molecule has 4 nitrogen and oxygen atoms in total. The molecule has 1 aromatic rings. The lowest BCUT2D eigenvalue weighted by molar-refractivity contribution is 0.0900. The van der Waals surface area contributed by atoms with Crippen molar-refractivity contribution in [1.82, 2.24) is 9.97 Å². The summed E-state index contributed by atoms with van der Waals surface area (Å²) in [5, 5.41) is 3.99. The van der Waals surface area contributed by atoms with Gasteiger partial charge in [-0.3, -0.25) is 0 Å². The molecule has 0 bridgehead atoms. The summed E-state index contributed by atoms with van der Waals surface area (Å²) in [6.45, 7) is 6.07. The normalized spacial score (nSPS) is 22.7. The molecule has 19 heavy (non-hydrogen) atoms. The number of halogens is 1. The van der Waals surface area contributed by atoms with Crippen molar-refractivity contribution in [2.45, 2.75) is 45.6 Å². The Balaban J connectivity index is 2.01. The fourth-order valence-corrected chi connectivity index (χ4v) is 2.85. The molecule has 1 N–H and O–H groups in total. The predicted molar refractivity (Wildman–Crippen MR) is 77.7 cm³/mol. The number of rotatable bonds is 6. The zero-order valence-electron chi connectivity index (χ0n) is 11.7. The third kappa shape index (κ3) is 3.57. The predicted octanol–water partition coefficient (Wildman–Crippen LogP) is 3.31. The van der Waals surface area contributed by atoms with Crippen LogP contribution in [0.4, 0.5) is 5.82 Å². The molecule has 1 aliphatic rings. The highest BCUT2D eigenvalue weighted by Gasteiger charge is 2.26. The number of hydrogen-bond donors (Lipinski definition) is 1. The quantitative estimate of drug-likeness (QED) is 0.814. The number of anilines is 1. The number of nitrogens with zero attached hydrogens (tertiary/aromatic N) is 2. The third-order valence-corrected chi connectivity index (χ3v) is 4.00. The molecule has 0 aliphatic carbocycles. The Kier molecular flexibility index (Phi) is 5.40. The lowest BCUT2D eigenvalue weighted by Crippen LogP contribution is -2.23. The molecule has 1 aromatic heterocycles. The molecule has 1 fully saturated rings. The second-order valence-electron chi connectivity index (χ2n) is 4.99. The van der Waals surface area contributed by atoms with Gasteiger partial charge in [0.1, 0.15) is 17.3 Å². The van der Waals surface area contributed by atoms with Crippen molar-refractivity contribution in [2.75, 3.05) is 18.5 Å². The van der Waals surface area contributed by atoms with Crippen LogP contribution in [0.5, 0.6) is 0 Å². The molecule has 2 atom stereocenters. The first kappa shape index (κ1) is 14.5. The minimum Gasteiger partial charge on any atom is -0.378 e. The highest BCUT2D eigenvalue weighted by molar-refractivity contribution is 6.30. The Hall–Kier alpha value is -0.870. The first-order chi connectivity index (χ1) is 9.26. The summed E-state index contributed by atoms with van der Waals surface area (Å²) in [5.74, 6) is 1.44. The summed E-state index contributed by atoms with van der Waals surface area (Å²) in [7, 11) is 0. The van der Waals surface area contributed by atoms with E-state index in [1.807, 2.05) is 0 Å². The summed E-state index contributed by atoms with van der Waals surface area (Å²) in [6.07, 6.45) is 6.02. The van der Waals surface area contributed by atoms with Crippen molar-refractivity contribution in [3.05, 3.63) is 17.0 Å². The van der Waals surface area contributed by atoms with Crippen LogP contribution in [0.15, 0.2) is 6.33 Å². The molecule has 2 heterocycles. The zero-order chi connectivity index (χ0) is 13.7. The molecule has 1 aliphatic heterocycles. The van der Waals surface area contributed by atoms with Gasteiger partial charge in [-0.05, 0) is 19.3 Å². The van der Waals surface area contributed by atoms with E-state index in [4.69, 9.17) is 16.3 Å². The fraction of sp³-hybridized carbons (Fsp3) is 0.714. The molecule has 0 radical (unpaired) electrons. The van der Waals surface area contributed by atoms with Crippen LogP contribution in [0, 0.1) is 5.92 Å². The zero-order valence-corrected chi connectivity index (χ0v) is 12.4. The molecule has 2 unspecified atom stereocenters. The van der Waals surface area contributed by atoms with Crippen LogP contribution in [-0.2, 0) is 11.2 Å². The minimum atomic E-state index is 0.374. The fourth-order valence-electron chi connectivity index (χ4n) is 2.62. The standard InChI is InChI=1S/C14H22ClN3O/c1-3-5-11-13(15)17-9-18-14(11)16-8-10-6-7-19-12(10)4-2/h9-10,12H,3-8H2,1-2H3,(H,16,17,18). The van der Waals surface area contributed by atoms with Crippen LogP contribution in [-0.4, -0.2) is 29.2 Å². The number of aromatic nitrogens is 2. The molecule has 0 spiro atoms. The highest BCUT2D eigenvalue weighted by atomic mass is 35.5. The van der Waals surface area contributed by atoms with Crippen molar-refractivity contribution >= 4 is 17.4 Å². The van der Waals surface area contributed by atoms with E-state index in [0.29, 0.717) is 17.2 Å². The largest absolute Gasteiger partial charge is 0.378 e. The van der Waals surface area contributed by atoms with Crippen molar-refractivity contribution < 1.29 is 4.74 Å². The van der Waals surface area contributed by atoms with Gasteiger partial charge in [0.05, 0.1) is 6.10 Å². The first-order valence-corrected chi connectivity index (χ1v) is 7.48. The molecular formula is C14H22ClN3O. The van der Waals surface area contributed by atoms with Crippen molar-refractivity contribution in [1.29, 1.82) is 0 Å². The number of hydrogen-bond acceptors (Lipinski definition) is 4. The van der Waals surface area contributed by atoms with Gasteiger partial charge >= 0.3 is 0 Å². The van der Waals surface area contributed by atoms with E-state index < -0.39 is 0 Å². The summed E-state index contributed by atoms with van der Waals surface area (Å²) in [5.41, 5.74) is 1.03. The maximum Gasteiger partial charge on any atom is 0.137 e. The van der Waals surface area contributed by atoms with Crippen LogP contribution in [0.2, 0.25) is 5.15 Å². The van der Waals surface area contributed by atoms with E-state index in [1.54, 1.807) is 0 Å². The molecule has 0 amide bonds. The molecule has 5 heteroatoms. The van der Waals surface area contributed by atoms with E-state index in [2.05, 4.69) is 29.1 Å². The molecule has 0 aromatic carbocycles. The first-order valence-electron chi connectivity index (χ1n) is 7.11. The smallest absolute Gasteiger partial charge is 0.137 e. The van der Waals surface area contributed by atoms with E-state index in [0.717, 1.165) is 50.2 Å². The van der Waals surface area contributed by atoms with Crippen molar-refractivity contribution in [2.24, 2.45) is 5.92 Å². The van der Waals surface area contributed by atoms with Gasteiger partial charge in [0, 0.05) is 24.6 Å². The SMILES string of the molecule is CCCc1c(Cl)ncnc1NCC1CCOC1CC. The van der Waals surface area contributed by atoms with E-state index >= 15 is 0 Å². The maximum absolute atomic E-state index is 6.14. The summed E-state index contributed by atoms with van der Waals surface area (Å²) in [6, 6.07) is 0. The molecule has 106 valence electrons. The second-order valence-corrected chi connectivity index (χ2v) is 5.35. The molecular weight excluding hydrogens is 262 g/mol. The number of ether oxygens (including phenoxy) is 1. The third-order valence-electron chi connectivity index (χ3n) is 3.67. The minimum absolute atomic E-state index is 0.374. The lowest BCUT2D eigenvalue weighted by atomic mass is 9.99. The van der Waals surface area contributed by atoms with Crippen LogP contribution in [0.3, 0.4) is 0 Å². The topological polar surface area (TPSA) is 47.0 Å². The highest BCUT2D eigenvalue weighted by Crippen LogP contribution is 2.26. The Morgan fingerprint density at radius 2 is 2.26 bits per heavy atom. The van der Waals surface area contributed by atoms with E-state index in [-0.39, 0.29) is 0 Å². The second kappa shape index (κ2) is 7.06. The Morgan fingerprint density at radius 1 is 1.42 bits per heavy atom. The van der Waals surface area contributed by atoms with Gasteiger partial charge in [-0.15, -0.1) is 0 Å². The van der Waals surface area contributed by atoms with Gasteiger partial charge in [-0.1, -0.05) is 31.9 Å². The Morgan fingerprint density at radius 3 is 3.00 bits per heavy atom. The maximum atomic E-state index is 6.14. The average molecular weight is 284 g/mol. The van der Waals surface area contributed by atoms with E-state index in [1.165, 1.54) is 6.33 Å². The van der Waals surface area contributed by atoms with Crippen molar-refractivity contribution in [3.8, 4) is 0 Å². The van der Waals surface area contributed by atoms with E-state index in [9.17, 15) is 0 Å². The van der Waals surface area contributed by atoms with Gasteiger partial charge in [0.25, 0.3) is 0 Å². The number of nitrogens with one attached hydrogen (secondary N) is 1. The lowest BCUT2D eigenvalue weighted by Gasteiger charge is -2.18. The monoisotopic (exact) mass is 283 g/mol. The summed E-state index contributed by atoms with van der Waals surface area (Å²) < 4.78 is 5.71. The van der Waals surface area contributed by atoms with Gasteiger partial charge in [-0.2, -0.15) is 0 Å². The Labute approximate surface area is 119 Å². The van der Waals surface area contributed by atoms with Crippen molar-refractivity contribution in [3.63, 3.8) is 0 Å². The van der Waals surface area contributed by atoms with Gasteiger partial charge < -0.3 is 10.1 Å². The summed E-state index contributed by atoms with van der Waals surface area (Å²) >= 11 is 6.14. The van der Waals surface area contributed by atoms with Gasteiger partial charge in [0.15, 0.2) is 0 Å².